The van der Waals surface area contributed by atoms with Crippen molar-refractivity contribution < 1.29 is 24.2 Å². The minimum absolute atomic E-state index is 0.127. The van der Waals surface area contributed by atoms with Crippen molar-refractivity contribution in [2.75, 3.05) is 13.2 Å². The first-order valence-corrected chi connectivity index (χ1v) is 6.82. The van der Waals surface area contributed by atoms with Gasteiger partial charge in [-0.2, -0.15) is 11.3 Å². The monoisotopic (exact) mass is 300 g/mol. The molecule has 1 rings (SSSR count). The number of ether oxygens (including phenoxy) is 1. The van der Waals surface area contributed by atoms with Crippen LogP contribution < -0.4 is 10.6 Å². The summed E-state index contributed by atoms with van der Waals surface area (Å²) in [5, 5.41) is 16.9. The quantitative estimate of drug-likeness (QED) is 0.684. The van der Waals surface area contributed by atoms with E-state index in [0.29, 0.717) is 6.42 Å². The van der Waals surface area contributed by atoms with Crippen molar-refractivity contribution in [3.8, 4) is 0 Å². The van der Waals surface area contributed by atoms with Crippen LogP contribution in [-0.4, -0.2) is 42.3 Å². The van der Waals surface area contributed by atoms with Gasteiger partial charge in [0.05, 0.1) is 0 Å². The number of carboxylic acid groups (broad SMARTS) is 1. The number of rotatable bonds is 7. The summed E-state index contributed by atoms with van der Waals surface area (Å²) in [6.45, 7) is 0.769. The molecule has 1 heterocycles. The van der Waals surface area contributed by atoms with Gasteiger partial charge in [0, 0.05) is 6.04 Å². The first kappa shape index (κ1) is 16.1. The maximum absolute atomic E-state index is 11.5. The van der Waals surface area contributed by atoms with Gasteiger partial charge in [0.25, 0.3) is 5.91 Å². The maximum Gasteiger partial charge on any atom is 0.329 e. The Morgan fingerprint density at radius 2 is 2.15 bits per heavy atom. The van der Waals surface area contributed by atoms with Crippen molar-refractivity contribution in [2.24, 2.45) is 0 Å². The van der Waals surface area contributed by atoms with E-state index in [2.05, 4.69) is 15.4 Å². The molecular formula is C12H16N2O5S. The number of amides is 3. The molecule has 0 radical (unpaired) electrons. The topological polar surface area (TPSA) is 105 Å². The summed E-state index contributed by atoms with van der Waals surface area (Å²) in [7, 11) is 0. The Bertz CT molecular complexity index is 460. The summed E-state index contributed by atoms with van der Waals surface area (Å²) >= 11 is 1.58. The molecule has 0 aliphatic heterocycles. The largest absolute Gasteiger partial charge is 0.480 e. The Labute approximate surface area is 119 Å². The molecule has 1 aromatic rings. The van der Waals surface area contributed by atoms with Crippen LogP contribution in [-0.2, 0) is 20.7 Å². The molecule has 8 heteroatoms. The van der Waals surface area contributed by atoms with E-state index < -0.39 is 31.1 Å². The number of aliphatic carboxylic acids is 1. The Balaban J connectivity index is 2.21. The van der Waals surface area contributed by atoms with Gasteiger partial charge in [-0.25, -0.2) is 9.59 Å². The second-order valence-electron chi connectivity index (χ2n) is 4.14. The van der Waals surface area contributed by atoms with Gasteiger partial charge in [0.1, 0.15) is 13.2 Å². The molecule has 0 bridgehead atoms. The fourth-order valence-electron chi connectivity index (χ4n) is 1.47. The van der Waals surface area contributed by atoms with Crippen molar-refractivity contribution >= 4 is 29.2 Å². The third kappa shape index (κ3) is 6.86. The minimum Gasteiger partial charge on any atom is -0.480 e. The average molecular weight is 300 g/mol. The van der Waals surface area contributed by atoms with Gasteiger partial charge in [-0.1, -0.05) is 0 Å². The van der Waals surface area contributed by atoms with Crippen LogP contribution in [0.5, 0.6) is 0 Å². The molecule has 1 aromatic heterocycles. The van der Waals surface area contributed by atoms with E-state index in [9.17, 15) is 14.4 Å². The minimum atomic E-state index is -1.17. The Kier molecular flexibility index (Phi) is 6.68. The second kappa shape index (κ2) is 8.28. The third-order valence-electron chi connectivity index (χ3n) is 2.21. The van der Waals surface area contributed by atoms with Crippen LogP contribution in [0.3, 0.4) is 0 Å². The Morgan fingerprint density at radius 1 is 1.40 bits per heavy atom. The van der Waals surface area contributed by atoms with E-state index >= 15 is 0 Å². The summed E-state index contributed by atoms with van der Waals surface area (Å²) in [6.07, 6.45) is 0.667. The number of carbonyl (C=O) groups excluding carboxylic acids is 2. The zero-order valence-corrected chi connectivity index (χ0v) is 11.7. The highest BCUT2D eigenvalue weighted by Gasteiger charge is 2.12. The van der Waals surface area contributed by atoms with Gasteiger partial charge in [-0.15, -0.1) is 0 Å². The lowest BCUT2D eigenvalue weighted by Crippen LogP contribution is -2.45. The molecule has 110 valence electrons. The summed E-state index contributed by atoms with van der Waals surface area (Å²) in [5.41, 5.74) is 1.11. The van der Waals surface area contributed by atoms with E-state index in [-0.39, 0.29) is 6.04 Å². The SMILES string of the molecule is CC(Cc1ccsc1)NC(=O)NC(=O)COCC(=O)O. The zero-order valence-electron chi connectivity index (χ0n) is 10.9. The van der Waals surface area contributed by atoms with E-state index in [1.165, 1.54) is 0 Å². The molecule has 0 fully saturated rings. The molecule has 1 unspecified atom stereocenters. The molecule has 7 nitrogen and oxygen atoms in total. The van der Waals surface area contributed by atoms with Crippen molar-refractivity contribution in [1.82, 2.24) is 10.6 Å². The summed E-state index contributed by atoms with van der Waals surface area (Å²) in [6, 6.07) is 1.21. The number of carbonyl (C=O) groups is 3. The first-order valence-electron chi connectivity index (χ1n) is 5.88. The van der Waals surface area contributed by atoms with Crippen LogP contribution in [0.1, 0.15) is 12.5 Å². The van der Waals surface area contributed by atoms with Crippen molar-refractivity contribution in [2.45, 2.75) is 19.4 Å². The van der Waals surface area contributed by atoms with Crippen LogP contribution >= 0.6 is 11.3 Å². The highest BCUT2D eigenvalue weighted by Crippen LogP contribution is 2.08. The van der Waals surface area contributed by atoms with Crippen molar-refractivity contribution in [3.05, 3.63) is 22.4 Å². The Morgan fingerprint density at radius 3 is 2.75 bits per heavy atom. The van der Waals surface area contributed by atoms with Gasteiger partial charge in [0.15, 0.2) is 0 Å². The van der Waals surface area contributed by atoms with Crippen LogP contribution in [0.25, 0.3) is 0 Å². The maximum atomic E-state index is 11.5. The number of carboxylic acids is 1. The molecule has 3 amide bonds. The molecule has 0 saturated heterocycles. The highest BCUT2D eigenvalue weighted by atomic mass is 32.1. The van der Waals surface area contributed by atoms with Gasteiger partial charge in [-0.3, -0.25) is 10.1 Å². The molecule has 0 aromatic carbocycles. The summed E-state index contributed by atoms with van der Waals surface area (Å²) < 4.78 is 4.56. The van der Waals surface area contributed by atoms with Gasteiger partial charge in [0.2, 0.25) is 0 Å². The molecule has 0 spiro atoms. The fourth-order valence-corrected chi connectivity index (χ4v) is 2.15. The van der Waals surface area contributed by atoms with Crippen LogP contribution in [0.2, 0.25) is 0 Å². The number of imide groups is 1. The number of hydrogen-bond acceptors (Lipinski definition) is 5. The average Bonchev–Trinajstić information content (AvgIpc) is 2.80. The zero-order chi connectivity index (χ0) is 15.0. The highest BCUT2D eigenvalue weighted by molar-refractivity contribution is 7.07. The standard InChI is InChI=1S/C12H16N2O5S/c1-8(4-9-2-3-20-7-9)13-12(18)14-10(15)5-19-6-11(16)17/h2-3,7-8H,4-6H2,1H3,(H,16,17)(H2,13,14,15,18). The number of hydrogen-bond donors (Lipinski definition) is 3. The fraction of sp³-hybridized carbons (Fsp3) is 0.417. The van der Waals surface area contributed by atoms with Crippen LogP contribution in [0, 0.1) is 0 Å². The smallest absolute Gasteiger partial charge is 0.329 e. The number of nitrogens with one attached hydrogen (secondary N) is 2. The molecule has 0 aliphatic rings. The molecule has 0 saturated carbocycles. The van der Waals surface area contributed by atoms with E-state index in [1.54, 1.807) is 11.3 Å². The molecule has 20 heavy (non-hydrogen) atoms. The van der Waals surface area contributed by atoms with Crippen molar-refractivity contribution in [3.63, 3.8) is 0 Å². The van der Waals surface area contributed by atoms with E-state index in [4.69, 9.17) is 5.11 Å². The van der Waals surface area contributed by atoms with E-state index in [1.807, 2.05) is 23.8 Å². The van der Waals surface area contributed by atoms with Gasteiger partial charge >= 0.3 is 12.0 Å². The summed E-state index contributed by atoms with van der Waals surface area (Å²) in [5.74, 6) is -1.86. The molecule has 3 N–H and O–H groups in total. The number of thiophene rings is 1. The lowest BCUT2D eigenvalue weighted by atomic mass is 10.1. The predicted octanol–water partition coefficient (Wildman–Crippen LogP) is 0.606. The first-order chi connectivity index (χ1) is 9.47. The van der Waals surface area contributed by atoms with Crippen molar-refractivity contribution in [1.29, 1.82) is 0 Å². The lowest BCUT2D eigenvalue weighted by Gasteiger charge is -2.13. The third-order valence-corrected chi connectivity index (χ3v) is 2.94. The molecule has 1 atom stereocenters. The normalized spacial score (nSPS) is 11.7. The Hall–Kier alpha value is -1.93. The lowest BCUT2D eigenvalue weighted by molar-refractivity contribution is -0.143. The predicted molar refractivity (Wildman–Crippen MR) is 72.6 cm³/mol. The number of urea groups is 1. The molecular weight excluding hydrogens is 284 g/mol. The van der Waals surface area contributed by atoms with Crippen LogP contribution in [0.4, 0.5) is 4.79 Å². The van der Waals surface area contributed by atoms with Gasteiger partial charge < -0.3 is 15.2 Å². The van der Waals surface area contributed by atoms with Crippen LogP contribution in [0.15, 0.2) is 16.8 Å². The molecule has 0 aliphatic carbocycles. The summed E-state index contributed by atoms with van der Waals surface area (Å²) in [4.78, 5) is 32.9. The van der Waals surface area contributed by atoms with Gasteiger partial charge in [-0.05, 0) is 35.7 Å². The van der Waals surface area contributed by atoms with E-state index in [0.717, 1.165) is 5.56 Å². The second-order valence-corrected chi connectivity index (χ2v) is 4.92.